The van der Waals surface area contributed by atoms with Gasteiger partial charge in [0.15, 0.2) is 0 Å². The number of hydrogen-bond donors (Lipinski definition) is 1. The van der Waals surface area contributed by atoms with Crippen molar-refractivity contribution >= 4 is 28.4 Å². The first kappa shape index (κ1) is 19.6. The van der Waals surface area contributed by atoms with Crippen LogP contribution in [0.25, 0.3) is 10.9 Å². The third kappa shape index (κ3) is 3.08. The second-order valence-electron chi connectivity index (χ2n) is 8.06. The number of para-hydroxylation sites is 2. The van der Waals surface area contributed by atoms with Gasteiger partial charge in [0.2, 0.25) is 5.91 Å². The number of methoxy groups -OCH3 is 1. The molecule has 2 amide bonds. The van der Waals surface area contributed by atoms with Crippen LogP contribution >= 0.6 is 0 Å². The highest BCUT2D eigenvalue weighted by molar-refractivity contribution is 6.02. The van der Waals surface area contributed by atoms with Crippen LogP contribution in [0.4, 0.5) is 5.69 Å². The van der Waals surface area contributed by atoms with Gasteiger partial charge in [-0.2, -0.15) is 0 Å². The van der Waals surface area contributed by atoms with Crippen LogP contribution in [0.2, 0.25) is 0 Å². The summed E-state index contributed by atoms with van der Waals surface area (Å²) in [5, 5.41) is 4.08. The zero-order valence-corrected chi connectivity index (χ0v) is 17.8. The number of carbonyl (C=O) groups excluding carboxylic acids is 2. The van der Waals surface area contributed by atoms with Crippen LogP contribution in [0.3, 0.4) is 0 Å². The predicted octanol–water partition coefficient (Wildman–Crippen LogP) is 2.55. The molecule has 0 spiro atoms. The number of hydrogen-bond acceptors (Lipinski definition) is 4. The molecular weight excluding hydrogens is 392 g/mol. The van der Waals surface area contributed by atoms with E-state index in [4.69, 9.17) is 4.74 Å². The summed E-state index contributed by atoms with van der Waals surface area (Å²) in [5.41, 5.74) is 4.92. The topological polar surface area (TPSA) is 66.8 Å². The number of benzene rings is 2. The van der Waals surface area contributed by atoms with E-state index in [2.05, 4.69) is 26.9 Å². The van der Waals surface area contributed by atoms with E-state index >= 15 is 0 Å². The van der Waals surface area contributed by atoms with Crippen LogP contribution in [-0.4, -0.2) is 55.1 Å². The van der Waals surface area contributed by atoms with E-state index in [9.17, 15) is 9.59 Å². The second kappa shape index (κ2) is 7.74. The lowest BCUT2D eigenvalue weighted by Crippen LogP contribution is -2.51. The van der Waals surface area contributed by atoms with Gasteiger partial charge >= 0.3 is 0 Å². The fourth-order valence-corrected chi connectivity index (χ4v) is 4.97. The molecule has 7 nitrogen and oxygen atoms in total. The fourth-order valence-electron chi connectivity index (χ4n) is 4.97. The van der Waals surface area contributed by atoms with Gasteiger partial charge in [-0.1, -0.05) is 30.3 Å². The Balaban J connectivity index is 1.63. The van der Waals surface area contributed by atoms with Crippen LogP contribution in [0.15, 0.2) is 48.5 Å². The maximum absolute atomic E-state index is 13.3. The van der Waals surface area contributed by atoms with E-state index in [1.165, 1.54) is 5.56 Å². The number of nitrogens with zero attached hydrogens (tertiary/aromatic N) is 3. The smallest absolute Gasteiger partial charge is 0.257 e. The number of fused-ring (bicyclic) bond motifs is 6. The van der Waals surface area contributed by atoms with Crippen LogP contribution in [0.5, 0.6) is 0 Å². The summed E-state index contributed by atoms with van der Waals surface area (Å²) < 4.78 is 7.13. The highest BCUT2D eigenvalue weighted by atomic mass is 16.5. The summed E-state index contributed by atoms with van der Waals surface area (Å²) >= 11 is 0. The third-order valence-corrected chi connectivity index (χ3v) is 6.33. The molecule has 7 heteroatoms. The Labute approximate surface area is 181 Å². The molecule has 0 unspecified atom stereocenters. The van der Waals surface area contributed by atoms with Crippen LogP contribution < -0.4 is 10.2 Å². The minimum Gasteiger partial charge on any atom is -0.383 e. The Hall–Kier alpha value is -3.32. The molecule has 0 aliphatic carbocycles. The van der Waals surface area contributed by atoms with E-state index in [1.807, 2.05) is 48.3 Å². The van der Waals surface area contributed by atoms with Gasteiger partial charge in [-0.25, -0.2) is 0 Å². The van der Waals surface area contributed by atoms with E-state index in [0.717, 1.165) is 34.3 Å². The zero-order valence-electron chi connectivity index (χ0n) is 17.8. The van der Waals surface area contributed by atoms with E-state index in [0.29, 0.717) is 19.7 Å². The molecule has 0 saturated heterocycles. The van der Waals surface area contributed by atoms with Crippen LogP contribution in [0.1, 0.15) is 27.8 Å². The molecule has 1 aromatic heterocycles. The lowest BCUT2D eigenvalue weighted by atomic mass is 9.96. The third-order valence-electron chi connectivity index (χ3n) is 6.33. The van der Waals surface area contributed by atoms with Crippen LogP contribution in [0, 0.1) is 0 Å². The molecule has 2 aromatic carbocycles. The Morgan fingerprint density at radius 1 is 1.16 bits per heavy atom. The van der Waals surface area contributed by atoms with Gasteiger partial charge in [-0.15, -0.1) is 0 Å². The van der Waals surface area contributed by atoms with Crippen molar-refractivity contribution in [2.24, 2.45) is 0 Å². The first-order chi connectivity index (χ1) is 15.1. The molecule has 0 fully saturated rings. The van der Waals surface area contributed by atoms with Crippen molar-refractivity contribution in [3.05, 3.63) is 65.4 Å². The minimum atomic E-state index is -0.245. The molecule has 0 radical (unpaired) electrons. The largest absolute Gasteiger partial charge is 0.383 e. The standard InChI is InChI=1S/C24H26N4O3/c1-26-19-9-5-4-8-18(19)24(30)27-13-11-17-16-7-3-6-10-20(16)28(22(17)23(26)27)15-21(29)25-12-14-31-2/h3-10,23H,11-15H2,1-2H3,(H,25,29)/t23-/m1/s1. The Morgan fingerprint density at radius 3 is 2.77 bits per heavy atom. The highest BCUT2D eigenvalue weighted by Gasteiger charge is 2.42. The molecule has 0 bridgehead atoms. The number of ether oxygens (including phenoxy) is 1. The van der Waals surface area contributed by atoms with Gasteiger partial charge < -0.3 is 24.4 Å². The van der Waals surface area contributed by atoms with Gasteiger partial charge in [0.05, 0.1) is 23.6 Å². The lowest BCUT2D eigenvalue weighted by molar-refractivity contribution is -0.121. The molecule has 1 atom stereocenters. The second-order valence-corrected chi connectivity index (χ2v) is 8.06. The average molecular weight is 418 g/mol. The first-order valence-electron chi connectivity index (χ1n) is 10.6. The zero-order chi connectivity index (χ0) is 21.5. The Bertz CT molecular complexity index is 1170. The van der Waals surface area contributed by atoms with Crippen molar-refractivity contribution in [3.63, 3.8) is 0 Å². The lowest BCUT2D eigenvalue weighted by Gasteiger charge is -2.46. The Morgan fingerprint density at radius 2 is 1.94 bits per heavy atom. The predicted molar refractivity (Wildman–Crippen MR) is 119 cm³/mol. The maximum Gasteiger partial charge on any atom is 0.257 e. The van der Waals surface area contributed by atoms with Crippen molar-refractivity contribution in [2.45, 2.75) is 19.1 Å². The van der Waals surface area contributed by atoms with E-state index in [1.54, 1.807) is 7.11 Å². The quantitative estimate of drug-likeness (QED) is 0.647. The molecule has 160 valence electrons. The van der Waals surface area contributed by atoms with Crippen molar-refractivity contribution < 1.29 is 14.3 Å². The first-order valence-corrected chi connectivity index (χ1v) is 10.6. The molecule has 31 heavy (non-hydrogen) atoms. The van der Waals surface area contributed by atoms with Gasteiger partial charge in [-0.3, -0.25) is 9.59 Å². The molecular formula is C24H26N4O3. The number of amides is 2. The number of aromatic nitrogens is 1. The summed E-state index contributed by atoms with van der Waals surface area (Å²) in [6.07, 6.45) is 0.525. The van der Waals surface area contributed by atoms with Crippen molar-refractivity contribution in [2.75, 3.05) is 38.8 Å². The average Bonchev–Trinajstić information content (AvgIpc) is 3.11. The van der Waals surface area contributed by atoms with E-state index in [-0.39, 0.29) is 24.5 Å². The summed E-state index contributed by atoms with van der Waals surface area (Å²) in [6, 6.07) is 15.9. The normalized spacial score (nSPS) is 17.4. The van der Waals surface area contributed by atoms with Crippen LogP contribution in [-0.2, 0) is 22.5 Å². The molecule has 3 aromatic rings. The molecule has 3 heterocycles. The summed E-state index contributed by atoms with van der Waals surface area (Å²) in [5.74, 6) is -0.0198. The van der Waals surface area contributed by atoms with Crippen molar-refractivity contribution in [3.8, 4) is 0 Å². The van der Waals surface area contributed by atoms with Gasteiger partial charge in [0, 0.05) is 38.1 Å². The Kier molecular flexibility index (Phi) is 4.90. The van der Waals surface area contributed by atoms with Gasteiger partial charge in [0.1, 0.15) is 12.7 Å². The maximum atomic E-state index is 13.3. The number of rotatable bonds is 5. The number of carbonyl (C=O) groups is 2. The minimum absolute atomic E-state index is 0.0469. The number of nitrogens with one attached hydrogen (secondary N) is 1. The molecule has 0 saturated carbocycles. The molecule has 2 aliphatic heterocycles. The van der Waals surface area contributed by atoms with Crippen molar-refractivity contribution in [1.82, 2.24) is 14.8 Å². The monoisotopic (exact) mass is 418 g/mol. The van der Waals surface area contributed by atoms with Gasteiger partial charge in [0.25, 0.3) is 5.91 Å². The summed E-state index contributed by atoms with van der Waals surface area (Å²) in [6.45, 7) is 1.80. The SMILES string of the molecule is COCCNC(=O)Cn1c2c(c3ccccc31)CCN1C(=O)c3ccccc3N(C)[C@@H]21. The summed E-state index contributed by atoms with van der Waals surface area (Å²) in [7, 11) is 3.64. The van der Waals surface area contributed by atoms with Crippen molar-refractivity contribution in [1.29, 1.82) is 0 Å². The summed E-state index contributed by atoms with van der Waals surface area (Å²) in [4.78, 5) is 30.2. The highest BCUT2D eigenvalue weighted by Crippen LogP contribution is 2.44. The van der Waals surface area contributed by atoms with E-state index < -0.39 is 0 Å². The fraction of sp³-hybridized carbons (Fsp3) is 0.333. The molecule has 2 aliphatic rings. The van der Waals surface area contributed by atoms with Gasteiger partial charge in [-0.05, 0) is 30.2 Å². The molecule has 5 rings (SSSR count). The molecule has 1 N–H and O–H groups in total. The number of anilines is 1.